The average molecular weight is 211 g/mol. The number of nitrogens with zero attached hydrogens (tertiary/aromatic N) is 2. The van der Waals surface area contributed by atoms with Crippen molar-refractivity contribution in [2.45, 2.75) is 39.4 Å². The Hall–Kier alpha value is -0.870. The lowest BCUT2D eigenvalue weighted by atomic mass is 10.2. The molecule has 0 spiro atoms. The standard InChI is InChI=1S/C11H21N3O/c1-4-14-7-6-12-11(14)9-13-10(2)5-8-15-3/h6-7,10,13H,4-5,8-9H2,1-3H3. The average Bonchev–Trinajstić information content (AvgIpc) is 2.70. The SMILES string of the molecule is CCn1ccnc1CNC(C)CCOC. The molecule has 0 saturated carbocycles. The second kappa shape index (κ2) is 6.58. The smallest absolute Gasteiger partial charge is 0.122 e. The summed E-state index contributed by atoms with van der Waals surface area (Å²) in [6.07, 6.45) is 4.89. The lowest BCUT2D eigenvalue weighted by Gasteiger charge is -2.13. The maximum Gasteiger partial charge on any atom is 0.122 e. The molecule has 0 amide bonds. The Labute approximate surface area is 91.7 Å². The fraction of sp³-hybridized carbons (Fsp3) is 0.727. The van der Waals surface area contributed by atoms with Gasteiger partial charge in [-0.1, -0.05) is 0 Å². The van der Waals surface area contributed by atoms with Crippen LogP contribution in [0.15, 0.2) is 12.4 Å². The maximum absolute atomic E-state index is 5.03. The highest BCUT2D eigenvalue weighted by atomic mass is 16.5. The van der Waals surface area contributed by atoms with Gasteiger partial charge in [-0.15, -0.1) is 0 Å². The molecule has 0 aromatic carbocycles. The number of ether oxygens (including phenoxy) is 1. The van der Waals surface area contributed by atoms with Crippen LogP contribution in [-0.2, 0) is 17.8 Å². The number of nitrogens with one attached hydrogen (secondary N) is 1. The summed E-state index contributed by atoms with van der Waals surface area (Å²) in [6, 6.07) is 0.465. The third-order valence-corrected chi connectivity index (χ3v) is 2.51. The van der Waals surface area contributed by atoms with Crippen molar-refractivity contribution in [1.82, 2.24) is 14.9 Å². The van der Waals surface area contributed by atoms with Gasteiger partial charge in [0.05, 0.1) is 6.54 Å². The molecule has 1 N–H and O–H groups in total. The number of aromatic nitrogens is 2. The fourth-order valence-electron chi connectivity index (χ4n) is 1.46. The predicted octanol–water partition coefficient (Wildman–Crippen LogP) is 1.42. The molecule has 1 heterocycles. The number of methoxy groups -OCH3 is 1. The van der Waals surface area contributed by atoms with E-state index in [-0.39, 0.29) is 0 Å². The minimum absolute atomic E-state index is 0.465. The van der Waals surface area contributed by atoms with Crippen molar-refractivity contribution in [3.63, 3.8) is 0 Å². The molecule has 0 aliphatic rings. The number of imidazole rings is 1. The highest BCUT2D eigenvalue weighted by Gasteiger charge is 2.04. The molecule has 1 rings (SSSR count). The zero-order valence-corrected chi connectivity index (χ0v) is 9.86. The summed E-state index contributed by atoms with van der Waals surface area (Å²) >= 11 is 0. The Morgan fingerprint density at radius 1 is 1.60 bits per heavy atom. The van der Waals surface area contributed by atoms with Crippen LogP contribution in [0.1, 0.15) is 26.1 Å². The molecule has 1 aromatic heterocycles. The van der Waals surface area contributed by atoms with E-state index in [1.807, 2.05) is 12.4 Å². The number of hydrogen-bond acceptors (Lipinski definition) is 3. The molecule has 4 nitrogen and oxygen atoms in total. The molecular weight excluding hydrogens is 190 g/mol. The number of hydrogen-bond donors (Lipinski definition) is 1. The molecule has 0 aliphatic carbocycles. The van der Waals surface area contributed by atoms with E-state index in [4.69, 9.17) is 4.74 Å². The molecule has 0 aliphatic heterocycles. The van der Waals surface area contributed by atoms with Gasteiger partial charge in [0, 0.05) is 38.7 Å². The summed E-state index contributed by atoms with van der Waals surface area (Å²) in [7, 11) is 1.73. The predicted molar refractivity (Wildman–Crippen MR) is 60.7 cm³/mol. The van der Waals surface area contributed by atoms with Crippen molar-refractivity contribution in [2.24, 2.45) is 0 Å². The minimum atomic E-state index is 0.465. The van der Waals surface area contributed by atoms with Gasteiger partial charge >= 0.3 is 0 Å². The maximum atomic E-state index is 5.03. The first-order valence-corrected chi connectivity index (χ1v) is 5.50. The lowest BCUT2D eigenvalue weighted by molar-refractivity contribution is 0.184. The Morgan fingerprint density at radius 2 is 2.40 bits per heavy atom. The van der Waals surface area contributed by atoms with Crippen LogP contribution in [0.5, 0.6) is 0 Å². The van der Waals surface area contributed by atoms with Gasteiger partial charge in [0.2, 0.25) is 0 Å². The highest BCUT2D eigenvalue weighted by molar-refractivity contribution is 4.91. The zero-order chi connectivity index (χ0) is 11.1. The Kier molecular flexibility index (Phi) is 5.36. The first-order valence-electron chi connectivity index (χ1n) is 5.50. The molecule has 1 unspecified atom stereocenters. The van der Waals surface area contributed by atoms with Crippen molar-refractivity contribution in [3.8, 4) is 0 Å². The summed E-state index contributed by atoms with van der Waals surface area (Å²) in [5, 5.41) is 3.43. The summed E-state index contributed by atoms with van der Waals surface area (Å²) in [4.78, 5) is 4.31. The Morgan fingerprint density at radius 3 is 3.07 bits per heavy atom. The second-order valence-corrected chi connectivity index (χ2v) is 3.69. The van der Waals surface area contributed by atoms with E-state index < -0.39 is 0 Å². The summed E-state index contributed by atoms with van der Waals surface area (Å²) in [5.74, 6) is 1.10. The molecule has 0 bridgehead atoms. The summed E-state index contributed by atoms with van der Waals surface area (Å²) in [6.45, 7) is 6.89. The summed E-state index contributed by atoms with van der Waals surface area (Å²) < 4.78 is 7.18. The molecule has 0 radical (unpaired) electrons. The Bertz CT molecular complexity index is 273. The topological polar surface area (TPSA) is 39.1 Å². The van der Waals surface area contributed by atoms with Crippen LogP contribution in [0.4, 0.5) is 0 Å². The first kappa shape index (κ1) is 12.2. The van der Waals surface area contributed by atoms with Crippen LogP contribution < -0.4 is 5.32 Å². The van der Waals surface area contributed by atoms with Crippen LogP contribution >= 0.6 is 0 Å². The van der Waals surface area contributed by atoms with Gasteiger partial charge in [-0.25, -0.2) is 4.98 Å². The van der Waals surface area contributed by atoms with Gasteiger partial charge in [0.1, 0.15) is 5.82 Å². The largest absolute Gasteiger partial charge is 0.385 e. The first-order chi connectivity index (χ1) is 7.27. The van der Waals surface area contributed by atoms with Crippen LogP contribution in [0.2, 0.25) is 0 Å². The van der Waals surface area contributed by atoms with Crippen LogP contribution in [0, 0.1) is 0 Å². The fourth-order valence-corrected chi connectivity index (χ4v) is 1.46. The van der Waals surface area contributed by atoms with Gasteiger partial charge in [-0.2, -0.15) is 0 Å². The van der Waals surface area contributed by atoms with Crippen LogP contribution in [0.25, 0.3) is 0 Å². The molecule has 0 fully saturated rings. The van der Waals surface area contributed by atoms with E-state index in [2.05, 4.69) is 28.7 Å². The third-order valence-electron chi connectivity index (χ3n) is 2.51. The van der Waals surface area contributed by atoms with E-state index in [1.165, 1.54) is 0 Å². The van der Waals surface area contributed by atoms with E-state index in [9.17, 15) is 0 Å². The van der Waals surface area contributed by atoms with Gasteiger partial charge in [-0.3, -0.25) is 0 Å². The molecular formula is C11H21N3O. The number of rotatable bonds is 7. The van der Waals surface area contributed by atoms with Crippen molar-refractivity contribution >= 4 is 0 Å². The molecule has 0 saturated heterocycles. The van der Waals surface area contributed by atoms with E-state index >= 15 is 0 Å². The molecule has 1 atom stereocenters. The quantitative estimate of drug-likeness (QED) is 0.741. The highest BCUT2D eigenvalue weighted by Crippen LogP contribution is 1.99. The summed E-state index contributed by atoms with van der Waals surface area (Å²) in [5.41, 5.74) is 0. The third kappa shape index (κ3) is 4.01. The van der Waals surface area contributed by atoms with Crippen LogP contribution in [-0.4, -0.2) is 29.3 Å². The zero-order valence-electron chi connectivity index (χ0n) is 9.86. The van der Waals surface area contributed by atoms with Crippen molar-refractivity contribution < 1.29 is 4.74 Å². The van der Waals surface area contributed by atoms with E-state index in [1.54, 1.807) is 7.11 Å². The molecule has 86 valence electrons. The van der Waals surface area contributed by atoms with Gasteiger partial charge in [0.25, 0.3) is 0 Å². The molecule has 15 heavy (non-hydrogen) atoms. The van der Waals surface area contributed by atoms with Crippen LogP contribution in [0.3, 0.4) is 0 Å². The van der Waals surface area contributed by atoms with Crippen molar-refractivity contribution in [3.05, 3.63) is 18.2 Å². The van der Waals surface area contributed by atoms with Gasteiger partial charge in [0.15, 0.2) is 0 Å². The number of aryl methyl sites for hydroxylation is 1. The van der Waals surface area contributed by atoms with Crippen molar-refractivity contribution in [2.75, 3.05) is 13.7 Å². The Balaban J connectivity index is 2.30. The van der Waals surface area contributed by atoms with Gasteiger partial charge in [-0.05, 0) is 20.3 Å². The normalized spacial score (nSPS) is 13.0. The van der Waals surface area contributed by atoms with Gasteiger partial charge < -0.3 is 14.6 Å². The monoisotopic (exact) mass is 211 g/mol. The second-order valence-electron chi connectivity index (χ2n) is 3.69. The lowest BCUT2D eigenvalue weighted by Crippen LogP contribution is -2.28. The van der Waals surface area contributed by atoms with E-state index in [0.29, 0.717) is 6.04 Å². The van der Waals surface area contributed by atoms with E-state index in [0.717, 1.165) is 31.9 Å². The molecule has 4 heteroatoms. The van der Waals surface area contributed by atoms with Crippen molar-refractivity contribution in [1.29, 1.82) is 0 Å². The minimum Gasteiger partial charge on any atom is -0.385 e. The molecule has 1 aromatic rings.